The first-order chi connectivity index (χ1) is 26.4. The summed E-state index contributed by atoms with van der Waals surface area (Å²) in [5, 5.41) is 24.0. The van der Waals surface area contributed by atoms with Crippen molar-refractivity contribution in [1.82, 2.24) is 0 Å². The van der Waals surface area contributed by atoms with Crippen LogP contribution in [-0.4, -0.2) is 97.6 Å². The van der Waals surface area contributed by atoms with Crippen molar-refractivity contribution in [2.75, 3.05) is 20.3 Å². The fourth-order valence-electron chi connectivity index (χ4n) is 7.17. The largest absolute Gasteiger partial charge is 0.450 e. The second kappa shape index (κ2) is 16.3. The number of rotatable bonds is 10. The average molecular weight is 743 g/mol. The van der Waals surface area contributed by atoms with Crippen molar-refractivity contribution in [2.24, 2.45) is 0 Å². The Morgan fingerprint density at radius 3 is 1.81 bits per heavy atom. The maximum Gasteiger partial charge on any atom is 0.338 e. The highest BCUT2D eigenvalue weighted by atomic mass is 16.8. The molecule has 0 amide bonds. The van der Waals surface area contributed by atoms with Gasteiger partial charge in [0.1, 0.15) is 36.6 Å². The van der Waals surface area contributed by atoms with Crippen LogP contribution in [0.15, 0.2) is 121 Å². The zero-order valence-electron chi connectivity index (χ0n) is 29.4. The third-order valence-electron chi connectivity index (χ3n) is 9.90. The van der Waals surface area contributed by atoms with Gasteiger partial charge in [0.25, 0.3) is 0 Å². The smallest absolute Gasteiger partial charge is 0.338 e. The molecule has 5 unspecified atom stereocenters. The Hall–Kier alpha value is -4.09. The van der Waals surface area contributed by atoms with Gasteiger partial charge in [0.2, 0.25) is 12.1 Å². The Labute approximate surface area is 312 Å². The molecule has 0 saturated carbocycles. The van der Waals surface area contributed by atoms with Gasteiger partial charge in [-0.05, 0) is 17.7 Å². The molecular weight excluding hydrogens is 700 g/mol. The van der Waals surface area contributed by atoms with Gasteiger partial charge in [-0.3, -0.25) is 0 Å². The Kier molecular flexibility index (Phi) is 11.1. The normalized spacial score (nSPS) is 33.2. The van der Waals surface area contributed by atoms with Crippen molar-refractivity contribution in [3.8, 4) is 0 Å². The summed E-state index contributed by atoms with van der Waals surface area (Å²) in [6.07, 6.45) is -12.0. The summed E-state index contributed by atoms with van der Waals surface area (Å²) in [6.45, 7) is 0.0733. The molecule has 4 heterocycles. The number of aliphatic hydroxyl groups is 2. The van der Waals surface area contributed by atoms with Gasteiger partial charge in [0.15, 0.2) is 25.0 Å². The lowest BCUT2D eigenvalue weighted by molar-refractivity contribution is -0.458. The third-order valence-corrected chi connectivity index (χ3v) is 9.90. The van der Waals surface area contributed by atoms with E-state index in [1.165, 1.54) is 7.11 Å². The maximum absolute atomic E-state index is 13.7. The molecule has 4 aromatic carbocycles. The quantitative estimate of drug-likeness (QED) is 0.177. The predicted molar refractivity (Wildman–Crippen MR) is 187 cm³/mol. The van der Waals surface area contributed by atoms with E-state index in [0.29, 0.717) is 5.56 Å². The van der Waals surface area contributed by atoms with Crippen molar-refractivity contribution in [3.63, 3.8) is 0 Å². The predicted octanol–water partition coefficient (Wildman–Crippen LogP) is 4.19. The van der Waals surface area contributed by atoms with E-state index in [1.54, 1.807) is 30.3 Å². The molecule has 0 aromatic heterocycles. The minimum atomic E-state index is -2.82. The summed E-state index contributed by atoms with van der Waals surface area (Å²) in [7, 11) is 1.47. The Bertz CT molecular complexity index is 1800. The molecule has 284 valence electrons. The second-order valence-electron chi connectivity index (χ2n) is 13.5. The highest BCUT2D eigenvalue weighted by molar-refractivity contribution is 5.89. The molecule has 0 spiro atoms. The number of carbonyl (C=O) groups excluding carboxylic acids is 1. The number of fused-ring (bicyclic) bond motifs is 2. The van der Waals surface area contributed by atoms with E-state index < -0.39 is 79.6 Å². The molecule has 13 heteroatoms. The zero-order valence-corrected chi connectivity index (χ0v) is 29.4. The summed E-state index contributed by atoms with van der Waals surface area (Å²) in [5.74, 6) is -3.49. The van der Waals surface area contributed by atoms with Gasteiger partial charge in [-0.25, -0.2) is 4.79 Å². The molecule has 13 nitrogen and oxygen atoms in total. The minimum absolute atomic E-state index is 0.00313. The van der Waals surface area contributed by atoms with Crippen LogP contribution < -0.4 is 0 Å². The van der Waals surface area contributed by atoms with Crippen LogP contribution in [0.3, 0.4) is 0 Å². The molecular formula is C41H42O13. The number of hydrogen-bond acceptors (Lipinski definition) is 13. The van der Waals surface area contributed by atoms with Gasteiger partial charge >= 0.3 is 5.97 Å². The molecule has 0 radical (unpaired) electrons. The third kappa shape index (κ3) is 7.71. The van der Waals surface area contributed by atoms with E-state index in [2.05, 4.69) is 0 Å². The van der Waals surface area contributed by atoms with E-state index >= 15 is 0 Å². The van der Waals surface area contributed by atoms with Gasteiger partial charge in [0.05, 0.1) is 25.4 Å². The first kappa shape index (κ1) is 36.9. The lowest BCUT2D eigenvalue weighted by atomic mass is 9.93. The zero-order chi connectivity index (χ0) is 37.1. The van der Waals surface area contributed by atoms with Crippen molar-refractivity contribution in [3.05, 3.63) is 144 Å². The topological polar surface area (TPSA) is 150 Å². The molecule has 11 atom stereocenters. The van der Waals surface area contributed by atoms with Crippen molar-refractivity contribution in [2.45, 2.75) is 80.3 Å². The van der Waals surface area contributed by atoms with E-state index in [1.807, 2.05) is 91.0 Å². The molecule has 0 aliphatic carbocycles. The standard InChI is InChI=1S/C41H42O13/c1-45-33-31-29(23-46-37(52-31)27-18-10-4-11-19-27)49-39(34(33)51-36(42)26-16-8-3-9-17-26)54-35-32-30(24-47-38(53-32)28-20-12-5-13-21-28)50-40(41(35,43)44)48-22-25-14-6-2-7-15-25/h2-21,29-35,37-40,43-44H,22-24H2,1H3/t29?,30?,31-,32-,33+,34?,35+,37?,38?,39+,40+/m1/s1. The van der Waals surface area contributed by atoms with Crippen LogP contribution in [0.4, 0.5) is 0 Å². The van der Waals surface area contributed by atoms with Gasteiger partial charge in [-0.2, -0.15) is 0 Å². The van der Waals surface area contributed by atoms with Gasteiger partial charge in [0, 0.05) is 18.2 Å². The molecule has 2 N–H and O–H groups in total. The second-order valence-corrected chi connectivity index (χ2v) is 13.5. The van der Waals surface area contributed by atoms with E-state index in [4.69, 9.17) is 47.4 Å². The number of carbonyl (C=O) groups is 1. The highest BCUT2D eigenvalue weighted by Crippen LogP contribution is 2.43. The minimum Gasteiger partial charge on any atom is -0.450 e. The monoisotopic (exact) mass is 742 g/mol. The van der Waals surface area contributed by atoms with Crippen LogP contribution >= 0.6 is 0 Å². The number of ether oxygens (including phenoxy) is 10. The Morgan fingerprint density at radius 2 is 1.22 bits per heavy atom. The molecule has 4 saturated heterocycles. The first-order valence-corrected chi connectivity index (χ1v) is 17.9. The maximum atomic E-state index is 13.7. The number of methoxy groups -OCH3 is 1. The average Bonchev–Trinajstić information content (AvgIpc) is 3.22. The number of esters is 1. The fraction of sp³-hybridized carbons (Fsp3) is 0.390. The Balaban J connectivity index is 1.11. The number of hydrogen-bond donors (Lipinski definition) is 2. The highest BCUT2D eigenvalue weighted by Gasteiger charge is 2.62. The molecule has 8 rings (SSSR count). The molecule has 4 fully saturated rings. The summed E-state index contributed by atoms with van der Waals surface area (Å²) in [5.41, 5.74) is 2.54. The van der Waals surface area contributed by atoms with Crippen LogP contribution in [0, 0.1) is 0 Å². The molecule has 4 aliphatic heterocycles. The van der Waals surface area contributed by atoms with E-state index in [9.17, 15) is 15.0 Å². The van der Waals surface area contributed by atoms with Crippen molar-refractivity contribution < 1.29 is 62.4 Å². The van der Waals surface area contributed by atoms with Gasteiger partial charge in [-0.1, -0.05) is 109 Å². The van der Waals surface area contributed by atoms with Crippen LogP contribution in [0.2, 0.25) is 0 Å². The van der Waals surface area contributed by atoms with Gasteiger partial charge < -0.3 is 57.6 Å². The first-order valence-electron chi connectivity index (χ1n) is 17.9. The molecule has 54 heavy (non-hydrogen) atoms. The summed E-state index contributed by atoms with van der Waals surface area (Å²) in [6, 6.07) is 36.3. The SMILES string of the molecule is CO[C@@H]1C(OC(=O)c2ccccc2)[C@H](O[C@H]2[C@@H]3OC(c4ccccc4)OCC3O[C@H](OCc3ccccc3)C2(O)O)OC2COC(c3ccccc3)O[C@H]21. The lowest BCUT2D eigenvalue weighted by Crippen LogP contribution is -2.72. The van der Waals surface area contributed by atoms with E-state index in [0.717, 1.165) is 11.1 Å². The van der Waals surface area contributed by atoms with Crippen molar-refractivity contribution >= 4 is 5.97 Å². The van der Waals surface area contributed by atoms with Crippen LogP contribution in [0.25, 0.3) is 0 Å². The summed E-state index contributed by atoms with van der Waals surface area (Å²) < 4.78 is 62.3. The van der Waals surface area contributed by atoms with Crippen molar-refractivity contribution in [1.29, 1.82) is 0 Å². The fourth-order valence-corrected chi connectivity index (χ4v) is 7.17. The summed E-state index contributed by atoms with van der Waals surface area (Å²) in [4.78, 5) is 13.7. The van der Waals surface area contributed by atoms with Crippen LogP contribution in [0.5, 0.6) is 0 Å². The Morgan fingerprint density at radius 1 is 0.685 bits per heavy atom. The number of benzene rings is 4. The lowest BCUT2D eigenvalue weighted by Gasteiger charge is -2.53. The van der Waals surface area contributed by atoms with Crippen LogP contribution in [-0.2, 0) is 54.0 Å². The molecule has 4 aliphatic rings. The van der Waals surface area contributed by atoms with Gasteiger partial charge in [-0.15, -0.1) is 0 Å². The molecule has 0 bridgehead atoms. The molecule has 4 aromatic rings. The van der Waals surface area contributed by atoms with Crippen LogP contribution in [0.1, 0.15) is 39.6 Å². The summed E-state index contributed by atoms with van der Waals surface area (Å²) >= 11 is 0. The van der Waals surface area contributed by atoms with E-state index in [-0.39, 0.29) is 25.4 Å².